The predicted octanol–water partition coefficient (Wildman–Crippen LogP) is 2.60. The number of hydrogen-bond donors (Lipinski definition) is 0. The highest BCUT2D eigenvalue weighted by molar-refractivity contribution is 5.81. The van der Waals surface area contributed by atoms with Crippen molar-refractivity contribution in [2.45, 2.75) is 45.1 Å². The molecule has 1 aromatic carbocycles. The van der Waals surface area contributed by atoms with Crippen molar-refractivity contribution in [1.29, 1.82) is 0 Å². The first-order chi connectivity index (χ1) is 10.1. The summed E-state index contributed by atoms with van der Waals surface area (Å²) in [6.45, 7) is 2.36. The van der Waals surface area contributed by atoms with Gasteiger partial charge in [-0.05, 0) is 43.9 Å². The van der Waals surface area contributed by atoms with E-state index in [0.717, 1.165) is 37.1 Å². The lowest BCUT2D eigenvalue weighted by molar-refractivity contribution is -0.135. The number of benzene rings is 1. The van der Waals surface area contributed by atoms with E-state index in [0.29, 0.717) is 12.8 Å². The zero-order valence-electron chi connectivity index (χ0n) is 12.8. The fourth-order valence-electron chi connectivity index (χ4n) is 2.93. The van der Waals surface area contributed by atoms with Crippen molar-refractivity contribution in [3.8, 4) is 5.75 Å². The lowest BCUT2D eigenvalue weighted by atomic mass is 9.97. The lowest BCUT2D eigenvalue weighted by Crippen LogP contribution is -2.45. The van der Waals surface area contributed by atoms with Crippen molar-refractivity contribution in [1.82, 2.24) is 4.90 Å². The number of piperidine rings is 1. The molecule has 1 aliphatic heterocycles. The van der Waals surface area contributed by atoms with Crippen molar-refractivity contribution < 1.29 is 14.3 Å². The Labute approximate surface area is 126 Å². The predicted molar refractivity (Wildman–Crippen MR) is 81.3 cm³/mol. The number of Topliss-reactive ketones (excluding diaryl/α,β-unsaturated/α-hetero) is 1. The molecule has 4 heteroatoms. The molecule has 21 heavy (non-hydrogen) atoms. The molecule has 0 spiro atoms. The second-order valence-electron chi connectivity index (χ2n) is 5.67. The summed E-state index contributed by atoms with van der Waals surface area (Å²) in [6.07, 6.45) is 3.90. The zero-order valence-corrected chi connectivity index (χ0v) is 12.8. The molecule has 0 radical (unpaired) electrons. The molecule has 0 bridgehead atoms. The number of ether oxygens (including phenoxy) is 1. The summed E-state index contributed by atoms with van der Waals surface area (Å²) in [7, 11) is 1.62. The van der Waals surface area contributed by atoms with Crippen molar-refractivity contribution >= 4 is 11.7 Å². The molecule has 1 amide bonds. The van der Waals surface area contributed by atoms with Gasteiger partial charge in [0.25, 0.3) is 0 Å². The summed E-state index contributed by atoms with van der Waals surface area (Å²) in [5.41, 5.74) is 0.950. The van der Waals surface area contributed by atoms with Gasteiger partial charge in [0.1, 0.15) is 11.5 Å². The Hall–Kier alpha value is -1.84. The molecule has 1 aromatic rings. The van der Waals surface area contributed by atoms with Crippen LogP contribution in [0.5, 0.6) is 5.75 Å². The SMILES string of the molecule is COc1cccc(CC(=O)N2CCCCC2CC(C)=O)c1. The van der Waals surface area contributed by atoms with Crippen LogP contribution in [0.15, 0.2) is 24.3 Å². The molecule has 4 nitrogen and oxygen atoms in total. The number of carbonyl (C=O) groups is 2. The number of methoxy groups -OCH3 is 1. The lowest BCUT2D eigenvalue weighted by Gasteiger charge is -2.35. The van der Waals surface area contributed by atoms with Crippen LogP contribution in [0.25, 0.3) is 0 Å². The second kappa shape index (κ2) is 7.25. The van der Waals surface area contributed by atoms with Crippen LogP contribution >= 0.6 is 0 Å². The molecule has 2 rings (SSSR count). The van der Waals surface area contributed by atoms with Crippen LogP contribution in [0.1, 0.15) is 38.2 Å². The molecular weight excluding hydrogens is 266 g/mol. The first-order valence-electron chi connectivity index (χ1n) is 7.52. The van der Waals surface area contributed by atoms with E-state index < -0.39 is 0 Å². The van der Waals surface area contributed by atoms with E-state index in [-0.39, 0.29) is 17.7 Å². The first-order valence-corrected chi connectivity index (χ1v) is 7.52. The molecule has 114 valence electrons. The van der Waals surface area contributed by atoms with E-state index in [1.165, 1.54) is 0 Å². The summed E-state index contributed by atoms with van der Waals surface area (Å²) < 4.78 is 5.19. The molecule has 0 aliphatic carbocycles. The molecule has 1 unspecified atom stereocenters. The van der Waals surface area contributed by atoms with Crippen LogP contribution in [0, 0.1) is 0 Å². The van der Waals surface area contributed by atoms with Crippen LogP contribution in [0.2, 0.25) is 0 Å². The Kier molecular flexibility index (Phi) is 5.37. The average molecular weight is 289 g/mol. The number of ketones is 1. The summed E-state index contributed by atoms with van der Waals surface area (Å²) in [6, 6.07) is 7.67. The normalized spacial score (nSPS) is 18.4. The molecule has 1 fully saturated rings. The van der Waals surface area contributed by atoms with Crippen molar-refractivity contribution in [3.05, 3.63) is 29.8 Å². The number of amides is 1. The topological polar surface area (TPSA) is 46.6 Å². The number of likely N-dealkylation sites (tertiary alicyclic amines) is 1. The maximum Gasteiger partial charge on any atom is 0.227 e. The molecule has 0 N–H and O–H groups in total. The Morgan fingerprint density at radius 3 is 2.86 bits per heavy atom. The third-order valence-electron chi connectivity index (χ3n) is 3.96. The number of hydrogen-bond acceptors (Lipinski definition) is 3. The maximum atomic E-state index is 12.5. The standard InChI is InChI=1S/C17H23NO3/c1-13(19)10-15-7-3-4-9-18(15)17(20)12-14-6-5-8-16(11-14)21-2/h5-6,8,11,15H,3-4,7,9-10,12H2,1-2H3. The van der Waals surface area contributed by atoms with Crippen LogP contribution in [-0.4, -0.2) is 36.3 Å². The Morgan fingerprint density at radius 2 is 2.14 bits per heavy atom. The van der Waals surface area contributed by atoms with Crippen LogP contribution in [-0.2, 0) is 16.0 Å². The van der Waals surface area contributed by atoms with Gasteiger partial charge in [-0.2, -0.15) is 0 Å². The van der Waals surface area contributed by atoms with Crippen molar-refractivity contribution in [2.24, 2.45) is 0 Å². The second-order valence-corrected chi connectivity index (χ2v) is 5.67. The van der Waals surface area contributed by atoms with Crippen molar-refractivity contribution in [3.63, 3.8) is 0 Å². The molecule has 1 atom stereocenters. The van der Waals surface area contributed by atoms with Gasteiger partial charge in [-0.15, -0.1) is 0 Å². The maximum absolute atomic E-state index is 12.5. The van der Waals surface area contributed by atoms with E-state index in [1.54, 1.807) is 14.0 Å². The molecule has 0 saturated carbocycles. The highest BCUT2D eigenvalue weighted by Gasteiger charge is 2.27. The Morgan fingerprint density at radius 1 is 1.33 bits per heavy atom. The molecule has 1 heterocycles. The number of rotatable bonds is 5. The van der Waals surface area contributed by atoms with E-state index in [9.17, 15) is 9.59 Å². The van der Waals surface area contributed by atoms with Gasteiger partial charge >= 0.3 is 0 Å². The van der Waals surface area contributed by atoms with E-state index in [1.807, 2.05) is 29.2 Å². The Bertz CT molecular complexity index is 513. The van der Waals surface area contributed by atoms with Crippen LogP contribution in [0.3, 0.4) is 0 Å². The van der Waals surface area contributed by atoms with Gasteiger partial charge in [0, 0.05) is 19.0 Å². The quantitative estimate of drug-likeness (QED) is 0.837. The van der Waals surface area contributed by atoms with Gasteiger partial charge in [0.2, 0.25) is 5.91 Å². The highest BCUT2D eigenvalue weighted by atomic mass is 16.5. The molecule has 1 saturated heterocycles. The first kappa shape index (κ1) is 15.5. The largest absolute Gasteiger partial charge is 0.497 e. The van der Waals surface area contributed by atoms with Gasteiger partial charge in [0.05, 0.1) is 13.5 Å². The van der Waals surface area contributed by atoms with E-state index >= 15 is 0 Å². The smallest absolute Gasteiger partial charge is 0.227 e. The van der Waals surface area contributed by atoms with Gasteiger partial charge in [0.15, 0.2) is 0 Å². The summed E-state index contributed by atoms with van der Waals surface area (Å²) in [4.78, 5) is 25.8. The van der Waals surface area contributed by atoms with Crippen LogP contribution < -0.4 is 4.74 Å². The average Bonchev–Trinajstić information content (AvgIpc) is 2.47. The molecular formula is C17H23NO3. The Balaban J connectivity index is 2.04. The minimum Gasteiger partial charge on any atom is -0.497 e. The van der Waals surface area contributed by atoms with Crippen LogP contribution in [0.4, 0.5) is 0 Å². The number of nitrogens with zero attached hydrogens (tertiary/aromatic N) is 1. The van der Waals surface area contributed by atoms with Gasteiger partial charge in [-0.1, -0.05) is 12.1 Å². The highest BCUT2D eigenvalue weighted by Crippen LogP contribution is 2.22. The minimum atomic E-state index is 0.0781. The fourth-order valence-corrected chi connectivity index (χ4v) is 2.93. The van der Waals surface area contributed by atoms with Crippen molar-refractivity contribution in [2.75, 3.05) is 13.7 Å². The fraction of sp³-hybridized carbons (Fsp3) is 0.529. The monoisotopic (exact) mass is 289 g/mol. The van der Waals surface area contributed by atoms with Gasteiger partial charge in [-0.3, -0.25) is 9.59 Å². The number of carbonyl (C=O) groups excluding carboxylic acids is 2. The summed E-state index contributed by atoms with van der Waals surface area (Å²) >= 11 is 0. The van der Waals surface area contributed by atoms with E-state index in [2.05, 4.69) is 0 Å². The molecule has 0 aromatic heterocycles. The summed E-state index contributed by atoms with van der Waals surface area (Å²) in [5, 5.41) is 0. The van der Waals surface area contributed by atoms with Gasteiger partial charge in [-0.25, -0.2) is 0 Å². The zero-order chi connectivity index (χ0) is 15.2. The summed E-state index contributed by atoms with van der Waals surface area (Å²) in [5.74, 6) is 1.02. The minimum absolute atomic E-state index is 0.0781. The molecule has 1 aliphatic rings. The van der Waals surface area contributed by atoms with Gasteiger partial charge < -0.3 is 9.64 Å². The third kappa shape index (κ3) is 4.31. The van der Waals surface area contributed by atoms with E-state index in [4.69, 9.17) is 4.74 Å². The third-order valence-corrected chi connectivity index (χ3v) is 3.96.